The molecule has 3 aromatic rings. The van der Waals surface area contributed by atoms with Gasteiger partial charge in [-0.15, -0.1) is 0 Å². The number of hydrogen-bond donors (Lipinski definition) is 0. The fourth-order valence-corrected chi connectivity index (χ4v) is 5.61. The van der Waals surface area contributed by atoms with Gasteiger partial charge in [0.15, 0.2) is 0 Å². The van der Waals surface area contributed by atoms with E-state index in [-0.39, 0.29) is 6.04 Å². The molecular formula is C30H32N2O. The SMILES string of the molecule is C=CCOc1ccccc1C=N[C@@H]1C2CCN(CC2)[C@H]1C(c1ccccc1)c1ccccc1. The Morgan fingerprint density at radius 3 is 2.12 bits per heavy atom. The quantitative estimate of drug-likeness (QED) is 0.321. The average Bonchev–Trinajstić information content (AvgIpc) is 2.89. The minimum atomic E-state index is 0.255. The van der Waals surface area contributed by atoms with Crippen LogP contribution < -0.4 is 4.74 Å². The molecule has 0 aromatic heterocycles. The molecule has 0 saturated carbocycles. The van der Waals surface area contributed by atoms with Crippen molar-refractivity contribution in [3.63, 3.8) is 0 Å². The molecule has 2 atom stereocenters. The van der Waals surface area contributed by atoms with Crippen LogP contribution in [0, 0.1) is 5.92 Å². The largest absolute Gasteiger partial charge is 0.489 e. The second-order valence-corrected chi connectivity index (χ2v) is 9.07. The maximum atomic E-state index is 5.88. The van der Waals surface area contributed by atoms with E-state index in [1.54, 1.807) is 6.08 Å². The summed E-state index contributed by atoms with van der Waals surface area (Å²) in [5.41, 5.74) is 3.78. The van der Waals surface area contributed by atoms with Gasteiger partial charge in [-0.25, -0.2) is 0 Å². The van der Waals surface area contributed by atoms with Gasteiger partial charge in [-0.05, 0) is 55.1 Å². The Balaban J connectivity index is 1.52. The number of para-hydroxylation sites is 1. The molecule has 33 heavy (non-hydrogen) atoms. The van der Waals surface area contributed by atoms with Gasteiger partial charge < -0.3 is 4.74 Å². The molecule has 3 aromatic carbocycles. The monoisotopic (exact) mass is 436 g/mol. The van der Waals surface area contributed by atoms with Crippen LogP contribution in [0.15, 0.2) is 103 Å². The summed E-state index contributed by atoms with van der Waals surface area (Å²) in [5, 5.41) is 0. The van der Waals surface area contributed by atoms with Crippen molar-refractivity contribution in [1.29, 1.82) is 0 Å². The van der Waals surface area contributed by atoms with Crippen molar-refractivity contribution in [2.24, 2.45) is 10.9 Å². The number of rotatable bonds is 8. The van der Waals surface area contributed by atoms with Crippen LogP contribution in [0.1, 0.15) is 35.4 Å². The summed E-state index contributed by atoms with van der Waals surface area (Å²) < 4.78 is 5.88. The summed E-state index contributed by atoms with van der Waals surface area (Å²) in [4.78, 5) is 7.97. The minimum absolute atomic E-state index is 0.255. The fourth-order valence-electron chi connectivity index (χ4n) is 5.61. The van der Waals surface area contributed by atoms with Crippen molar-refractivity contribution >= 4 is 6.21 Å². The number of hydrogen-bond acceptors (Lipinski definition) is 3. The molecule has 3 saturated heterocycles. The Morgan fingerprint density at radius 1 is 0.879 bits per heavy atom. The number of nitrogens with zero attached hydrogens (tertiary/aromatic N) is 2. The van der Waals surface area contributed by atoms with Gasteiger partial charge >= 0.3 is 0 Å². The maximum Gasteiger partial charge on any atom is 0.128 e. The topological polar surface area (TPSA) is 24.8 Å². The highest BCUT2D eigenvalue weighted by molar-refractivity contribution is 5.83. The van der Waals surface area contributed by atoms with Crippen LogP contribution >= 0.6 is 0 Å². The van der Waals surface area contributed by atoms with Crippen LogP contribution in [0.5, 0.6) is 5.75 Å². The van der Waals surface area contributed by atoms with Gasteiger partial charge in [0.05, 0.1) is 6.04 Å². The van der Waals surface area contributed by atoms with Gasteiger partial charge in [-0.2, -0.15) is 0 Å². The van der Waals surface area contributed by atoms with Crippen LogP contribution in [-0.4, -0.2) is 42.9 Å². The molecule has 0 N–H and O–H groups in total. The second-order valence-electron chi connectivity index (χ2n) is 9.07. The third-order valence-corrected chi connectivity index (χ3v) is 7.15. The van der Waals surface area contributed by atoms with Crippen LogP contribution in [0.2, 0.25) is 0 Å². The first-order valence-electron chi connectivity index (χ1n) is 12.0. The average molecular weight is 437 g/mol. The van der Waals surface area contributed by atoms with Crippen molar-refractivity contribution in [1.82, 2.24) is 4.90 Å². The minimum Gasteiger partial charge on any atom is -0.489 e. The number of benzene rings is 3. The summed E-state index contributed by atoms with van der Waals surface area (Å²) in [7, 11) is 0. The van der Waals surface area contributed by atoms with E-state index in [1.165, 1.54) is 24.0 Å². The Bertz CT molecular complexity index is 1030. The fraction of sp³-hybridized carbons (Fsp3) is 0.300. The van der Waals surface area contributed by atoms with Crippen molar-refractivity contribution in [2.45, 2.75) is 30.8 Å². The predicted octanol–water partition coefficient (Wildman–Crippen LogP) is 5.97. The van der Waals surface area contributed by atoms with E-state index in [4.69, 9.17) is 9.73 Å². The van der Waals surface area contributed by atoms with E-state index < -0.39 is 0 Å². The van der Waals surface area contributed by atoms with Gasteiger partial charge in [0.2, 0.25) is 0 Å². The number of fused-ring (bicyclic) bond motifs is 3. The lowest BCUT2D eigenvalue weighted by molar-refractivity contribution is 0.0215. The summed E-state index contributed by atoms with van der Waals surface area (Å²) in [5.74, 6) is 1.78. The van der Waals surface area contributed by atoms with Crippen molar-refractivity contribution in [3.05, 3.63) is 114 Å². The van der Waals surface area contributed by atoms with Crippen molar-refractivity contribution < 1.29 is 4.74 Å². The zero-order valence-corrected chi connectivity index (χ0v) is 19.1. The maximum absolute atomic E-state index is 5.88. The Hall–Kier alpha value is -3.17. The van der Waals surface area contributed by atoms with E-state index in [9.17, 15) is 0 Å². The number of ether oxygens (including phenoxy) is 1. The van der Waals surface area contributed by atoms with E-state index in [0.29, 0.717) is 24.5 Å². The molecular weight excluding hydrogens is 404 g/mol. The molecule has 0 amide bonds. The summed E-state index contributed by atoms with van der Waals surface area (Å²) in [6.07, 6.45) is 6.28. The van der Waals surface area contributed by atoms with Crippen LogP contribution in [-0.2, 0) is 0 Å². The van der Waals surface area contributed by atoms with E-state index in [1.807, 2.05) is 24.4 Å². The van der Waals surface area contributed by atoms with E-state index in [0.717, 1.165) is 24.4 Å². The highest BCUT2D eigenvalue weighted by Crippen LogP contribution is 2.43. The van der Waals surface area contributed by atoms with E-state index >= 15 is 0 Å². The lowest BCUT2D eigenvalue weighted by Crippen LogP contribution is -2.59. The lowest BCUT2D eigenvalue weighted by atomic mass is 9.71. The van der Waals surface area contributed by atoms with Crippen molar-refractivity contribution in [3.8, 4) is 5.75 Å². The first-order chi connectivity index (χ1) is 16.3. The first-order valence-corrected chi connectivity index (χ1v) is 12.0. The third kappa shape index (κ3) is 4.65. The zero-order chi connectivity index (χ0) is 22.5. The molecule has 3 heterocycles. The Morgan fingerprint density at radius 2 is 1.48 bits per heavy atom. The summed E-state index contributed by atoms with van der Waals surface area (Å²) in [6.45, 7) is 6.60. The van der Waals surface area contributed by atoms with Crippen molar-refractivity contribution in [2.75, 3.05) is 19.7 Å². The van der Waals surface area contributed by atoms with E-state index in [2.05, 4.69) is 78.2 Å². The standard InChI is InChI=1S/C30H32N2O/c1-2-21-33-27-16-10-9-15-26(27)22-31-29-25-17-19-32(20-18-25)30(29)28(23-11-5-3-6-12-23)24-13-7-4-8-14-24/h2-16,22,25,28-30H,1,17-21H2/t29-,30+/m1/s1. The first kappa shape index (κ1) is 21.7. The molecule has 0 aliphatic carbocycles. The predicted molar refractivity (Wildman–Crippen MR) is 136 cm³/mol. The molecule has 2 bridgehead atoms. The molecule has 3 nitrogen and oxygen atoms in total. The van der Waals surface area contributed by atoms with Crippen LogP contribution in [0.3, 0.4) is 0 Å². The molecule has 3 aliphatic rings. The van der Waals surface area contributed by atoms with Gasteiger partial charge in [-0.3, -0.25) is 9.89 Å². The Labute approximate surface area is 197 Å². The molecule has 6 rings (SSSR count). The Kier molecular flexibility index (Phi) is 6.68. The second kappa shape index (κ2) is 10.2. The molecule has 0 unspecified atom stereocenters. The summed E-state index contributed by atoms with van der Waals surface area (Å²) >= 11 is 0. The highest BCUT2D eigenvalue weighted by Gasteiger charge is 2.46. The third-order valence-electron chi connectivity index (χ3n) is 7.15. The zero-order valence-electron chi connectivity index (χ0n) is 19.1. The summed E-state index contributed by atoms with van der Waals surface area (Å²) in [6, 6.07) is 30.7. The molecule has 3 heteroatoms. The molecule has 3 aliphatic heterocycles. The number of piperidine rings is 3. The van der Waals surface area contributed by atoms with Gasteiger partial charge in [-0.1, -0.05) is 85.5 Å². The number of aliphatic imine (C=N–C) groups is 1. The van der Waals surface area contributed by atoms with Crippen LogP contribution in [0.25, 0.3) is 0 Å². The van der Waals surface area contributed by atoms with Gasteiger partial charge in [0.1, 0.15) is 12.4 Å². The molecule has 0 radical (unpaired) electrons. The van der Waals surface area contributed by atoms with Gasteiger partial charge in [0.25, 0.3) is 0 Å². The highest BCUT2D eigenvalue weighted by atomic mass is 16.5. The molecule has 168 valence electrons. The molecule has 0 spiro atoms. The smallest absolute Gasteiger partial charge is 0.128 e. The normalized spacial score (nSPS) is 24.3. The lowest BCUT2D eigenvalue weighted by Gasteiger charge is -2.52. The molecule has 3 fully saturated rings. The van der Waals surface area contributed by atoms with Gasteiger partial charge in [0, 0.05) is 23.7 Å². The van der Waals surface area contributed by atoms with Crippen LogP contribution in [0.4, 0.5) is 0 Å².